The monoisotopic (exact) mass is 764 g/mol. The van der Waals surface area contributed by atoms with Gasteiger partial charge in [-0.05, 0) is 12.8 Å². The Morgan fingerprint density at radius 3 is 1.33 bits per heavy atom. The van der Waals surface area contributed by atoms with Crippen LogP contribution in [0.4, 0.5) is 0 Å². The molecule has 0 saturated heterocycles. The number of hydrogen-bond acceptors (Lipinski definition) is 9. The number of phosphoric ester groups is 1. The van der Waals surface area contributed by atoms with Gasteiger partial charge in [-0.15, -0.1) is 0 Å². The van der Waals surface area contributed by atoms with Crippen molar-refractivity contribution in [2.45, 2.75) is 221 Å². The van der Waals surface area contributed by atoms with E-state index in [0.29, 0.717) is 6.42 Å². The summed E-state index contributed by atoms with van der Waals surface area (Å²) in [6.45, 7) is 8.88. The Morgan fingerprint density at radius 1 is 0.577 bits per heavy atom. The molecule has 0 fully saturated rings. The van der Waals surface area contributed by atoms with Crippen LogP contribution >= 0.6 is 8.17 Å². The van der Waals surface area contributed by atoms with E-state index >= 15 is 0 Å². The number of hydrogen-bond donors (Lipinski definition) is 2. The second kappa shape index (κ2) is 40.9. The molecule has 0 spiro atoms. The zero-order valence-electron chi connectivity index (χ0n) is 34.4. The Morgan fingerprint density at radius 2 is 0.942 bits per heavy atom. The highest BCUT2D eigenvalue weighted by atomic mass is 31.2. The van der Waals surface area contributed by atoms with Crippen LogP contribution in [0.5, 0.6) is 0 Å². The Hall–Kier alpha value is -1.32. The van der Waals surface area contributed by atoms with Crippen molar-refractivity contribution >= 4 is 26.0 Å². The van der Waals surface area contributed by atoms with Gasteiger partial charge in [0.1, 0.15) is 19.8 Å². The second-order valence-corrected chi connectivity index (χ2v) is 15.3. The minimum Gasteiger partial charge on any atom is -0.606 e. The van der Waals surface area contributed by atoms with E-state index in [1.807, 2.05) is 13.8 Å². The largest absolute Gasteiger partial charge is 0.606 e. The zero-order chi connectivity index (χ0) is 39.0. The van der Waals surface area contributed by atoms with Gasteiger partial charge in [-0.2, -0.15) is 13.9 Å². The van der Waals surface area contributed by atoms with E-state index in [2.05, 4.69) is 19.2 Å². The number of unbranched alkanes of at least 4 members (excludes halogenated alkanes) is 24. The van der Waals surface area contributed by atoms with Crippen molar-refractivity contribution in [2.75, 3.05) is 26.4 Å². The molecule has 310 valence electrons. The quantitative estimate of drug-likeness (QED) is 0.0357. The Kier molecular flexibility index (Phi) is 41.5. The Bertz CT molecular complexity index is 800. The summed E-state index contributed by atoms with van der Waals surface area (Å²) >= 11 is 0. The molecule has 0 saturated carbocycles. The first-order chi connectivity index (χ1) is 25.2. The number of phosphoric acid groups is 1. The van der Waals surface area contributed by atoms with E-state index in [9.17, 15) is 24.2 Å². The smallest absolute Gasteiger partial charge is 0.377 e. The van der Waals surface area contributed by atoms with Crippen molar-refractivity contribution in [3.05, 3.63) is 0 Å². The van der Waals surface area contributed by atoms with Gasteiger partial charge in [0.05, 0.1) is 0 Å². The molecule has 0 aliphatic carbocycles. The maximum atomic E-state index is 12.6. The molecule has 2 atom stereocenters. The molecule has 0 heterocycles. The van der Waals surface area contributed by atoms with E-state index in [1.54, 1.807) is 0 Å². The summed E-state index contributed by atoms with van der Waals surface area (Å²) in [5.41, 5.74) is 0. The number of nitrogens with one attached hydrogen (secondary N) is 1. The van der Waals surface area contributed by atoms with Gasteiger partial charge in [0.25, 0.3) is 0 Å². The molecule has 1 amide bonds. The lowest BCUT2D eigenvalue weighted by atomic mass is 10.0. The predicted molar refractivity (Wildman–Crippen MR) is 213 cm³/mol. The first-order valence-electron chi connectivity index (χ1n) is 21.4. The summed E-state index contributed by atoms with van der Waals surface area (Å²) in [4.78, 5) is 58.3. The van der Waals surface area contributed by atoms with Crippen LogP contribution in [0.3, 0.4) is 0 Å². The topological polar surface area (TPSA) is 143 Å². The van der Waals surface area contributed by atoms with Crippen molar-refractivity contribution < 1.29 is 42.7 Å². The van der Waals surface area contributed by atoms with Gasteiger partial charge in [0, 0.05) is 26.3 Å². The molecule has 0 radical (unpaired) electrons. The average molecular weight is 764 g/mol. The first-order valence-corrected chi connectivity index (χ1v) is 22.9. The van der Waals surface area contributed by atoms with Crippen molar-refractivity contribution in [1.82, 2.24) is 5.32 Å². The van der Waals surface area contributed by atoms with Crippen LogP contribution in [0, 0.1) is 0 Å². The van der Waals surface area contributed by atoms with Crippen LogP contribution in [-0.4, -0.2) is 55.2 Å². The van der Waals surface area contributed by atoms with Gasteiger partial charge in [0.15, 0.2) is 6.10 Å². The van der Waals surface area contributed by atoms with Gasteiger partial charge in [-0.25, -0.2) is 0 Å². The number of ether oxygens (including phenoxy) is 2. The first kappa shape index (κ1) is 52.8. The highest BCUT2D eigenvalue weighted by molar-refractivity contribution is 7.52. The molecule has 0 bridgehead atoms. The fourth-order valence-electron chi connectivity index (χ4n) is 5.80. The Labute approximate surface area is 320 Å². The van der Waals surface area contributed by atoms with E-state index in [1.165, 1.54) is 129 Å². The van der Waals surface area contributed by atoms with Crippen molar-refractivity contribution in [1.29, 1.82) is 0 Å². The lowest BCUT2D eigenvalue weighted by molar-refractivity contribution is -0.245. The number of amides is 1. The van der Waals surface area contributed by atoms with Gasteiger partial charge >= 0.3 is 20.1 Å². The lowest BCUT2D eigenvalue weighted by Crippen LogP contribution is -2.32. The van der Waals surface area contributed by atoms with Crippen LogP contribution in [-0.2, 0) is 32.9 Å². The summed E-state index contributed by atoms with van der Waals surface area (Å²) in [5, 5.41) is 2.46. The molecule has 0 aliphatic heterocycles. The molecule has 0 aliphatic rings. The second-order valence-electron chi connectivity index (χ2n) is 13.9. The summed E-state index contributed by atoms with van der Waals surface area (Å²) in [6.07, 6.45) is 30.9. The van der Waals surface area contributed by atoms with E-state index < -0.39 is 32.8 Å². The van der Waals surface area contributed by atoms with Crippen molar-refractivity contribution in [3.63, 3.8) is 0 Å². The third-order valence-corrected chi connectivity index (χ3v) is 9.84. The van der Waals surface area contributed by atoms with Gasteiger partial charge < -0.3 is 19.7 Å². The van der Waals surface area contributed by atoms with E-state index in [4.69, 9.17) is 18.5 Å². The molecule has 2 unspecified atom stereocenters. The maximum Gasteiger partial charge on any atom is 0.377 e. The SMILES string of the molecule is CC.CCCCCCCCCCCCCCCC(=O)OCC(CO[P+]([O-])(O)OCCNC(C)=O)OC(=O)CCCCCCCCCCCCCCC. The highest BCUT2D eigenvalue weighted by Crippen LogP contribution is 2.47. The molecule has 0 aromatic heterocycles. The molecule has 0 aromatic carbocycles. The van der Waals surface area contributed by atoms with E-state index in [0.717, 1.165) is 38.5 Å². The normalized spacial score (nSPS) is 12.8. The fraction of sp³-hybridized carbons (Fsp3) is 0.927. The minimum atomic E-state index is -4.48. The summed E-state index contributed by atoms with van der Waals surface area (Å²) in [6, 6.07) is 0. The lowest BCUT2D eigenvalue weighted by Gasteiger charge is -2.23. The summed E-state index contributed by atoms with van der Waals surface area (Å²) in [5.74, 6) is -1.16. The third-order valence-electron chi connectivity index (χ3n) is 8.85. The number of carbonyl (C=O) groups excluding carboxylic acids is 3. The molecule has 11 heteroatoms. The summed E-state index contributed by atoms with van der Waals surface area (Å²) in [7, 11) is -4.48. The number of carbonyl (C=O) groups is 3. The van der Waals surface area contributed by atoms with Gasteiger partial charge in [-0.3, -0.25) is 14.4 Å². The standard InChI is InChI=1S/C39H76NO9P.C2H6/c1-4-6-8-10-12-14-16-18-20-22-24-26-28-30-38(42)46-34-37(35-48-50(44,45)47-33-32-40-36(3)41)49-39(43)31-29-27-25-23-21-19-17-15-13-11-9-7-5-2;1-2/h37H,4-35H2,1-3H3,(H,40,41)(H,44,45);1-2H3. The molecule has 0 rings (SSSR count). The molecular weight excluding hydrogens is 681 g/mol. The van der Waals surface area contributed by atoms with Gasteiger partial charge in [-0.1, -0.05) is 182 Å². The van der Waals surface area contributed by atoms with Crippen LogP contribution in [0.25, 0.3) is 0 Å². The van der Waals surface area contributed by atoms with Crippen LogP contribution in [0.2, 0.25) is 0 Å². The van der Waals surface area contributed by atoms with Crippen LogP contribution < -0.4 is 10.2 Å². The third kappa shape index (κ3) is 41.4. The van der Waals surface area contributed by atoms with Crippen LogP contribution in [0.1, 0.15) is 214 Å². The van der Waals surface area contributed by atoms with E-state index in [-0.39, 0.29) is 38.5 Å². The van der Waals surface area contributed by atoms with Crippen LogP contribution in [0.15, 0.2) is 0 Å². The van der Waals surface area contributed by atoms with Crippen molar-refractivity contribution in [2.24, 2.45) is 0 Å². The predicted octanol–water partition coefficient (Wildman–Crippen LogP) is 10.6. The minimum absolute atomic E-state index is 0.0393. The van der Waals surface area contributed by atoms with Crippen molar-refractivity contribution in [3.8, 4) is 0 Å². The molecular formula is C41H82NO9P. The van der Waals surface area contributed by atoms with Gasteiger partial charge in [0.2, 0.25) is 5.91 Å². The average Bonchev–Trinajstić information content (AvgIpc) is 3.12. The number of rotatable bonds is 38. The fourth-order valence-corrected chi connectivity index (χ4v) is 6.55. The summed E-state index contributed by atoms with van der Waals surface area (Å²) < 4.78 is 20.8. The highest BCUT2D eigenvalue weighted by Gasteiger charge is 2.30. The molecule has 10 nitrogen and oxygen atoms in total. The molecule has 2 N–H and O–H groups in total. The molecule has 0 aromatic rings. The maximum absolute atomic E-state index is 12.6. The number of esters is 2. The zero-order valence-corrected chi connectivity index (χ0v) is 35.3. The molecule has 52 heavy (non-hydrogen) atoms. The Balaban J connectivity index is 0.